The molecule has 0 unspecified atom stereocenters. The van der Waals surface area contributed by atoms with Crippen molar-refractivity contribution in [3.63, 3.8) is 0 Å². The average Bonchev–Trinajstić information content (AvgIpc) is 3.31. The molecule has 2 N–H and O–H groups in total. The maximum Gasteiger partial charge on any atom is 0.258 e. The molecule has 5 atom stereocenters. The predicted molar refractivity (Wildman–Crippen MR) is 117 cm³/mol. The van der Waals surface area contributed by atoms with Crippen molar-refractivity contribution in [2.24, 2.45) is 17.8 Å². The molecule has 2 aromatic rings. The summed E-state index contributed by atoms with van der Waals surface area (Å²) in [6, 6.07) is 9.20. The lowest BCUT2D eigenvalue weighted by atomic mass is 9.60. The number of hydrogen-bond acceptors (Lipinski definition) is 5. The number of amides is 2. The van der Waals surface area contributed by atoms with Crippen LogP contribution in [-0.2, 0) is 11.2 Å². The van der Waals surface area contributed by atoms with Crippen molar-refractivity contribution in [3.05, 3.63) is 47.9 Å². The molecule has 4 aliphatic rings. The van der Waals surface area contributed by atoms with Gasteiger partial charge >= 0.3 is 0 Å². The number of carbonyl (C=O) groups is 2. The number of ether oxygens (including phenoxy) is 2. The van der Waals surface area contributed by atoms with Gasteiger partial charge in [0.25, 0.3) is 5.91 Å². The van der Waals surface area contributed by atoms with Crippen molar-refractivity contribution in [3.8, 4) is 11.5 Å². The molecule has 7 nitrogen and oxygen atoms in total. The fraction of sp³-hybridized carbons (Fsp3) is 0.520. The predicted octanol–water partition coefficient (Wildman–Crippen LogP) is 3.68. The summed E-state index contributed by atoms with van der Waals surface area (Å²) in [7, 11) is 1.60. The van der Waals surface area contributed by atoms with Gasteiger partial charge < -0.3 is 24.5 Å². The summed E-state index contributed by atoms with van der Waals surface area (Å²) >= 11 is 0. The Morgan fingerprint density at radius 2 is 2.22 bits per heavy atom. The van der Waals surface area contributed by atoms with E-state index in [4.69, 9.17) is 13.9 Å². The lowest BCUT2D eigenvalue weighted by Crippen LogP contribution is -2.67. The van der Waals surface area contributed by atoms with E-state index in [1.54, 1.807) is 31.6 Å². The van der Waals surface area contributed by atoms with Gasteiger partial charge in [-0.1, -0.05) is 0 Å². The van der Waals surface area contributed by atoms with E-state index < -0.39 is 5.72 Å². The molecule has 1 aliphatic heterocycles. The Kier molecular flexibility index (Phi) is 5.35. The minimum atomic E-state index is -0.735. The molecule has 2 amide bonds. The van der Waals surface area contributed by atoms with Gasteiger partial charge in [0.15, 0.2) is 5.72 Å². The van der Waals surface area contributed by atoms with Crippen LogP contribution >= 0.6 is 0 Å². The van der Waals surface area contributed by atoms with E-state index in [2.05, 4.69) is 10.6 Å². The number of hydrogen-bond donors (Lipinski definition) is 2. The van der Waals surface area contributed by atoms with Crippen LogP contribution in [0.25, 0.3) is 0 Å². The zero-order valence-electron chi connectivity index (χ0n) is 18.6. The highest BCUT2D eigenvalue weighted by Crippen LogP contribution is 2.52. The Bertz CT molecular complexity index is 1000. The van der Waals surface area contributed by atoms with E-state index in [0.29, 0.717) is 23.5 Å². The van der Waals surface area contributed by atoms with Crippen LogP contribution in [0.3, 0.4) is 0 Å². The molecule has 2 heterocycles. The van der Waals surface area contributed by atoms with Crippen LogP contribution in [0.1, 0.15) is 55.1 Å². The van der Waals surface area contributed by atoms with Crippen LogP contribution in [0.4, 0.5) is 0 Å². The number of fused-ring (bicyclic) bond motifs is 3. The normalized spacial score (nSPS) is 29.1. The van der Waals surface area contributed by atoms with Gasteiger partial charge in [-0.2, -0.15) is 0 Å². The van der Waals surface area contributed by atoms with Gasteiger partial charge in [0.2, 0.25) is 5.91 Å². The summed E-state index contributed by atoms with van der Waals surface area (Å²) in [6.07, 6.45) is 6.62. The molecule has 3 fully saturated rings. The third kappa shape index (κ3) is 3.74. The zero-order chi connectivity index (χ0) is 22.3. The number of methoxy groups -OCH3 is 1. The van der Waals surface area contributed by atoms with Crippen LogP contribution in [-0.4, -0.2) is 30.7 Å². The van der Waals surface area contributed by atoms with Gasteiger partial charge in [0.1, 0.15) is 17.3 Å². The standard InChI is InChI=1S/C25H30N2O5/c1-15(5-8-18-4-3-11-31-18)26-23(28)21-12-17-7-6-16(21)14-25(17)27-24(29)20-10-9-19(30-2)13-22(20)32-25/h3-4,9-11,13,15-17,21H,5-8,12,14H2,1-2H3,(H,26,28)(H,27,29)/t15-,16+,17-,21+,25-/m0/s1. The fourth-order valence-corrected chi connectivity index (χ4v) is 5.68. The minimum Gasteiger partial charge on any atom is -0.497 e. The quantitative estimate of drug-likeness (QED) is 0.718. The summed E-state index contributed by atoms with van der Waals surface area (Å²) < 4.78 is 17.1. The van der Waals surface area contributed by atoms with Crippen LogP contribution in [0, 0.1) is 17.8 Å². The van der Waals surface area contributed by atoms with Crippen molar-refractivity contribution in [2.45, 2.75) is 57.2 Å². The van der Waals surface area contributed by atoms with Crippen LogP contribution in [0.2, 0.25) is 0 Å². The Hall–Kier alpha value is -2.96. The van der Waals surface area contributed by atoms with E-state index in [0.717, 1.165) is 37.9 Å². The van der Waals surface area contributed by atoms with Gasteiger partial charge in [-0.15, -0.1) is 0 Å². The molecule has 0 saturated heterocycles. The maximum atomic E-state index is 13.1. The molecular formula is C25H30N2O5. The number of furan rings is 1. The van der Waals surface area contributed by atoms with E-state index in [1.807, 2.05) is 19.1 Å². The Morgan fingerprint density at radius 3 is 2.94 bits per heavy atom. The minimum absolute atomic E-state index is 0.0438. The summed E-state index contributed by atoms with van der Waals surface area (Å²) in [5.74, 6) is 2.41. The van der Waals surface area contributed by atoms with E-state index in [1.165, 1.54) is 0 Å². The Morgan fingerprint density at radius 1 is 1.34 bits per heavy atom. The topological polar surface area (TPSA) is 89.8 Å². The number of rotatable bonds is 6. The highest BCUT2D eigenvalue weighted by molar-refractivity contribution is 5.98. The first-order valence-corrected chi connectivity index (χ1v) is 11.5. The second kappa shape index (κ2) is 8.19. The molecule has 7 heteroatoms. The van der Waals surface area contributed by atoms with E-state index in [9.17, 15) is 9.59 Å². The summed E-state index contributed by atoms with van der Waals surface area (Å²) in [5, 5.41) is 6.35. The third-order valence-corrected chi connectivity index (χ3v) is 7.40. The molecule has 1 aromatic heterocycles. The van der Waals surface area contributed by atoms with Gasteiger partial charge in [-0.05, 0) is 62.8 Å². The lowest BCUT2D eigenvalue weighted by molar-refractivity contribution is -0.147. The molecule has 1 spiro atoms. The average molecular weight is 439 g/mol. The van der Waals surface area contributed by atoms with Crippen LogP contribution in [0.15, 0.2) is 41.0 Å². The first-order valence-electron chi connectivity index (χ1n) is 11.5. The van der Waals surface area contributed by atoms with Crippen molar-refractivity contribution < 1.29 is 23.5 Å². The van der Waals surface area contributed by atoms with Gasteiger partial charge in [-0.3, -0.25) is 9.59 Å². The monoisotopic (exact) mass is 438 g/mol. The lowest BCUT2D eigenvalue weighted by Gasteiger charge is -2.55. The van der Waals surface area contributed by atoms with E-state index >= 15 is 0 Å². The van der Waals surface area contributed by atoms with E-state index in [-0.39, 0.29) is 35.6 Å². The molecule has 1 aromatic carbocycles. The van der Waals surface area contributed by atoms with Crippen molar-refractivity contribution >= 4 is 11.8 Å². The molecule has 3 aliphatic carbocycles. The van der Waals surface area contributed by atoms with Gasteiger partial charge in [0.05, 0.1) is 18.9 Å². The molecule has 2 bridgehead atoms. The molecule has 32 heavy (non-hydrogen) atoms. The molecule has 170 valence electrons. The summed E-state index contributed by atoms with van der Waals surface area (Å²) in [5.41, 5.74) is -0.210. The smallest absolute Gasteiger partial charge is 0.258 e. The maximum absolute atomic E-state index is 13.1. The molecular weight excluding hydrogens is 408 g/mol. The van der Waals surface area contributed by atoms with Crippen LogP contribution in [0.5, 0.6) is 11.5 Å². The van der Waals surface area contributed by atoms with Crippen molar-refractivity contribution in [1.29, 1.82) is 0 Å². The van der Waals surface area contributed by atoms with Gasteiger partial charge in [-0.25, -0.2) is 0 Å². The third-order valence-electron chi connectivity index (χ3n) is 7.40. The Balaban J connectivity index is 1.25. The first-order chi connectivity index (χ1) is 15.5. The summed E-state index contributed by atoms with van der Waals surface area (Å²) in [4.78, 5) is 25.9. The van der Waals surface area contributed by atoms with Gasteiger partial charge in [0, 0.05) is 36.8 Å². The molecule has 3 saturated carbocycles. The summed E-state index contributed by atoms with van der Waals surface area (Å²) in [6.45, 7) is 2.04. The number of aryl methyl sites for hydroxylation is 1. The SMILES string of the molecule is COc1ccc2c(c1)O[C@]1(C[C@H]3CC[C@H]1C[C@H]3C(=O)N[C@@H](C)CCc1ccco1)NC2=O. The molecule has 6 rings (SSSR count). The van der Waals surface area contributed by atoms with Crippen molar-refractivity contribution in [1.82, 2.24) is 10.6 Å². The highest BCUT2D eigenvalue weighted by Gasteiger charge is 2.57. The first kappa shape index (κ1) is 20.9. The zero-order valence-corrected chi connectivity index (χ0v) is 18.6. The molecule has 0 radical (unpaired) electrons. The highest BCUT2D eigenvalue weighted by atomic mass is 16.5. The van der Waals surface area contributed by atoms with Crippen LogP contribution < -0.4 is 20.1 Å². The Labute approximate surface area is 187 Å². The largest absolute Gasteiger partial charge is 0.497 e. The number of nitrogens with one attached hydrogen (secondary N) is 2. The number of carbonyl (C=O) groups excluding carboxylic acids is 2. The van der Waals surface area contributed by atoms with Crippen molar-refractivity contribution in [2.75, 3.05) is 7.11 Å². The fourth-order valence-electron chi connectivity index (χ4n) is 5.68. The number of benzene rings is 1. The second-order valence-corrected chi connectivity index (χ2v) is 9.42. The second-order valence-electron chi connectivity index (χ2n) is 9.42.